The van der Waals surface area contributed by atoms with Crippen molar-refractivity contribution in [1.82, 2.24) is 0 Å². The van der Waals surface area contributed by atoms with Crippen molar-refractivity contribution in [2.75, 3.05) is 5.75 Å². The first-order valence-electron chi connectivity index (χ1n) is 7.61. The third kappa shape index (κ3) is 6.54. The SMILES string of the molecule is CCS[C@@H](OC(C)=O)[C@H]1O[C@H](OC(C)=O)[C@H](OC(C)=O)[C@H]1OC(C)=O. The van der Waals surface area contributed by atoms with Crippen LogP contribution in [0.25, 0.3) is 0 Å². The Kier molecular flexibility index (Phi) is 8.17. The van der Waals surface area contributed by atoms with Gasteiger partial charge in [0.25, 0.3) is 0 Å². The number of esters is 4. The highest BCUT2D eigenvalue weighted by atomic mass is 32.2. The first-order chi connectivity index (χ1) is 11.6. The smallest absolute Gasteiger partial charge is 0.305 e. The summed E-state index contributed by atoms with van der Waals surface area (Å²) >= 11 is 1.23. The van der Waals surface area contributed by atoms with Crippen LogP contribution in [-0.2, 0) is 42.9 Å². The summed E-state index contributed by atoms with van der Waals surface area (Å²) in [5, 5.41) is 0. The van der Waals surface area contributed by atoms with Gasteiger partial charge in [0.1, 0.15) is 6.10 Å². The van der Waals surface area contributed by atoms with E-state index in [1.807, 2.05) is 6.92 Å². The molecule has 10 heteroatoms. The fourth-order valence-electron chi connectivity index (χ4n) is 2.29. The number of ether oxygens (including phenoxy) is 5. The number of carbonyl (C=O) groups excluding carboxylic acids is 4. The molecule has 1 saturated heterocycles. The van der Waals surface area contributed by atoms with Gasteiger partial charge in [0, 0.05) is 27.7 Å². The van der Waals surface area contributed by atoms with Gasteiger partial charge in [-0.1, -0.05) is 6.92 Å². The zero-order valence-electron chi connectivity index (χ0n) is 14.7. The normalized spacial score (nSPS) is 26.4. The summed E-state index contributed by atoms with van der Waals surface area (Å²) in [5.41, 5.74) is -0.842. The average Bonchev–Trinajstić information content (AvgIpc) is 2.74. The van der Waals surface area contributed by atoms with Crippen LogP contribution in [0.4, 0.5) is 0 Å². The van der Waals surface area contributed by atoms with E-state index >= 15 is 0 Å². The van der Waals surface area contributed by atoms with Gasteiger partial charge in [-0.15, -0.1) is 11.8 Å². The summed E-state index contributed by atoms with van der Waals surface area (Å²) in [4.78, 5) is 45.5. The Hall–Kier alpha value is -1.81. The molecule has 0 aromatic heterocycles. The van der Waals surface area contributed by atoms with E-state index < -0.39 is 53.9 Å². The van der Waals surface area contributed by atoms with Crippen LogP contribution < -0.4 is 0 Å². The van der Waals surface area contributed by atoms with Crippen LogP contribution in [0.5, 0.6) is 0 Å². The predicted octanol–water partition coefficient (Wildman–Crippen LogP) is 0.780. The average molecular weight is 378 g/mol. The van der Waals surface area contributed by atoms with Crippen molar-refractivity contribution in [2.45, 2.75) is 64.7 Å². The van der Waals surface area contributed by atoms with Gasteiger partial charge >= 0.3 is 23.9 Å². The summed E-state index contributed by atoms with van der Waals surface area (Å²) in [6.45, 7) is 6.56. The monoisotopic (exact) mass is 378 g/mol. The van der Waals surface area contributed by atoms with Crippen LogP contribution in [-0.4, -0.2) is 59.7 Å². The van der Waals surface area contributed by atoms with E-state index in [0.717, 1.165) is 13.8 Å². The maximum Gasteiger partial charge on any atom is 0.305 e. The number of thioether (sulfide) groups is 1. The van der Waals surface area contributed by atoms with Crippen molar-refractivity contribution in [3.05, 3.63) is 0 Å². The summed E-state index contributed by atoms with van der Waals surface area (Å²) in [5.74, 6) is -1.98. The molecule has 0 radical (unpaired) electrons. The highest BCUT2D eigenvalue weighted by molar-refractivity contribution is 7.99. The molecule has 0 spiro atoms. The highest BCUT2D eigenvalue weighted by Crippen LogP contribution is 2.34. The molecule has 0 unspecified atom stereocenters. The highest BCUT2D eigenvalue weighted by Gasteiger charge is 2.54. The van der Waals surface area contributed by atoms with Crippen LogP contribution in [0.3, 0.4) is 0 Å². The van der Waals surface area contributed by atoms with E-state index in [4.69, 9.17) is 23.7 Å². The Morgan fingerprint density at radius 1 is 0.880 bits per heavy atom. The van der Waals surface area contributed by atoms with E-state index in [1.165, 1.54) is 25.6 Å². The summed E-state index contributed by atoms with van der Waals surface area (Å²) in [6.07, 6.45) is -4.54. The van der Waals surface area contributed by atoms with Crippen molar-refractivity contribution in [3.63, 3.8) is 0 Å². The minimum atomic E-state index is -1.29. The number of rotatable bonds is 7. The van der Waals surface area contributed by atoms with E-state index in [9.17, 15) is 19.2 Å². The Morgan fingerprint density at radius 3 is 1.84 bits per heavy atom. The first kappa shape index (κ1) is 21.2. The Balaban J connectivity index is 3.16. The zero-order chi connectivity index (χ0) is 19.1. The molecule has 25 heavy (non-hydrogen) atoms. The molecule has 9 nitrogen and oxygen atoms in total. The van der Waals surface area contributed by atoms with Crippen molar-refractivity contribution in [1.29, 1.82) is 0 Å². The van der Waals surface area contributed by atoms with Gasteiger partial charge in [0.2, 0.25) is 12.4 Å². The molecule has 0 bridgehead atoms. The number of hydrogen-bond acceptors (Lipinski definition) is 10. The fraction of sp³-hybridized carbons (Fsp3) is 0.733. The first-order valence-corrected chi connectivity index (χ1v) is 8.66. The lowest BCUT2D eigenvalue weighted by Gasteiger charge is -2.27. The molecule has 0 aliphatic carbocycles. The summed E-state index contributed by atoms with van der Waals surface area (Å²) in [6, 6.07) is 0. The van der Waals surface area contributed by atoms with E-state index in [2.05, 4.69) is 0 Å². The van der Waals surface area contributed by atoms with Crippen molar-refractivity contribution in [3.8, 4) is 0 Å². The molecule has 0 amide bonds. The van der Waals surface area contributed by atoms with Gasteiger partial charge in [-0.3, -0.25) is 19.2 Å². The molecular weight excluding hydrogens is 356 g/mol. The molecule has 1 rings (SSSR count). The lowest BCUT2D eigenvalue weighted by Crippen LogP contribution is -2.44. The topological polar surface area (TPSA) is 114 Å². The number of carbonyl (C=O) groups is 4. The van der Waals surface area contributed by atoms with Crippen LogP contribution in [0.2, 0.25) is 0 Å². The third-order valence-electron chi connectivity index (χ3n) is 2.97. The third-order valence-corrected chi connectivity index (χ3v) is 4.00. The maximum absolute atomic E-state index is 11.5. The van der Waals surface area contributed by atoms with Crippen LogP contribution in [0, 0.1) is 0 Å². The quantitative estimate of drug-likeness (QED) is 0.357. The van der Waals surface area contributed by atoms with Crippen LogP contribution in [0.15, 0.2) is 0 Å². The Bertz CT molecular complexity index is 521. The molecule has 5 atom stereocenters. The van der Waals surface area contributed by atoms with Gasteiger partial charge in [-0.25, -0.2) is 0 Å². The standard InChI is InChI=1S/C15H22O9S/c1-6-25-15(23-10(5)19)13-11(20-7(2)16)12(21-8(3)17)14(24-13)22-9(4)18/h11-15H,6H2,1-5H3/t11-,12-,13+,14+,15-/m1/s1. The zero-order valence-corrected chi connectivity index (χ0v) is 15.5. The lowest BCUT2D eigenvalue weighted by molar-refractivity contribution is -0.198. The summed E-state index contributed by atoms with van der Waals surface area (Å²) in [7, 11) is 0. The Morgan fingerprint density at radius 2 is 1.40 bits per heavy atom. The molecule has 1 aliphatic rings. The molecule has 0 N–H and O–H groups in total. The molecule has 0 aromatic carbocycles. The van der Waals surface area contributed by atoms with Crippen LogP contribution >= 0.6 is 11.8 Å². The van der Waals surface area contributed by atoms with E-state index in [1.54, 1.807) is 0 Å². The van der Waals surface area contributed by atoms with E-state index in [-0.39, 0.29) is 0 Å². The molecular formula is C15H22O9S. The van der Waals surface area contributed by atoms with Crippen molar-refractivity contribution >= 4 is 35.6 Å². The number of hydrogen-bond donors (Lipinski definition) is 0. The Labute approximate surface area is 149 Å². The lowest BCUT2D eigenvalue weighted by atomic mass is 10.1. The van der Waals surface area contributed by atoms with Gasteiger partial charge in [-0.05, 0) is 5.75 Å². The minimum absolute atomic E-state index is 0.559. The second-order valence-corrected chi connectivity index (χ2v) is 6.54. The maximum atomic E-state index is 11.5. The minimum Gasteiger partial charge on any atom is -0.455 e. The second-order valence-electron chi connectivity index (χ2n) is 5.16. The van der Waals surface area contributed by atoms with Crippen LogP contribution in [0.1, 0.15) is 34.6 Å². The van der Waals surface area contributed by atoms with Crippen molar-refractivity contribution in [2.24, 2.45) is 0 Å². The van der Waals surface area contributed by atoms with Gasteiger partial charge in [0.05, 0.1) is 0 Å². The largest absolute Gasteiger partial charge is 0.455 e. The molecule has 0 saturated carbocycles. The predicted molar refractivity (Wildman–Crippen MR) is 85.2 cm³/mol. The fourth-order valence-corrected chi connectivity index (χ4v) is 3.23. The molecule has 142 valence electrons. The van der Waals surface area contributed by atoms with Gasteiger partial charge in [0.15, 0.2) is 11.5 Å². The van der Waals surface area contributed by atoms with E-state index in [0.29, 0.717) is 5.75 Å². The molecule has 1 fully saturated rings. The molecule has 1 heterocycles. The molecule has 1 aliphatic heterocycles. The van der Waals surface area contributed by atoms with Gasteiger partial charge < -0.3 is 23.7 Å². The molecule has 0 aromatic rings. The second kappa shape index (κ2) is 9.62. The summed E-state index contributed by atoms with van der Waals surface area (Å²) < 4.78 is 26.2. The van der Waals surface area contributed by atoms with Gasteiger partial charge in [-0.2, -0.15) is 0 Å². The van der Waals surface area contributed by atoms with Crippen molar-refractivity contribution < 1.29 is 42.9 Å².